The van der Waals surface area contributed by atoms with E-state index >= 15 is 0 Å². The molecule has 2 heterocycles. The summed E-state index contributed by atoms with van der Waals surface area (Å²) >= 11 is 0. The standard InChI is InChI=1S/C14H19NO4/c16-10-1-2-11-12(8-19-13(11)7-10)15-9-14(17)3-5-18-6-4-14/h1-2,7,12,15-17H,3-6,8-9H2. The predicted octanol–water partition coefficient (Wildman–Crippen LogP) is 0.957. The number of hydrogen-bond acceptors (Lipinski definition) is 5. The second kappa shape index (κ2) is 5.00. The first-order valence-corrected chi connectivity index (χ1v) is 6.66. The van der Waals surface area contributed by atoms with Gasteiger partial charge in [0, 0.05) is 44.2 Å². The second-order valence-electron chi connectivity index (χ2n) is 5.30. The summed E-state index contributed by atoms with van der Waals surface area (Å²) in [5, 5.41) is 23.2. The van der Waals surface area contributed by atoms with Crippen molar-refractivity contribution in [3.8, 4) is 11.5 Å². The second-order valence-corrected chi connectivity index (χ2v) is 5.30. The molecule has 1 aromatic carbocycles. The largest absolute Gasteiger partial charge is 0.508 e. The lowest BCUT2D eigenvalue weighted by Crippen LogP contribution is -2.46. The number of hydrogen-bond donors (Lipinski definition) is 3. The molecule has 1 fully saturated rings. The Hall–Kier alpha value is -1.30. The third-order valence-corrected chi connectivity index (χ3v) is 3.88. The highest BCUT2D eigenvalue weighted by molar-refractivity contribution is 5.44. The summed E-state index contributed by atoms with van der Waals surface area (Å²) in [4.78, 5) is 0. The van der Waals surface area contributed by atoms with Crippen LogP contribution >= 0.6 is 0 Å². The maximum atomic E-state index is 10.4. The summed E-state index contributed by atoms with van der Waals surface area (Å²) < 4.78 is 10.8. The molecule has 5 nitrogen and oxygen atoms in total. The van der Waals surface area contributed by atoms with Crippen molar-refractivity contribution in [1.82, 2.24) is 5.32 Å². The van der Waals surface area contributed by atoms with Gasteiger partial charge in [-0.3, -0.25) is 0 Å². The van der Waals surface area contributed by atoms with Crippen LogP contribution in [0.5, 0.6) is 11.5 Å². The van der Waals surface area contributed by atoms with Crippen LogP contribution in [0.2, 0.25) is 0 Å². The molecule has 0 amide bonds. The zero-order valence-corrected chi connectivity index (χ0v) is 10.8. The smallest absolute Gasteiger partial charge is 0.127 e. The van der Waals surface area contributed by atoms with E-state index in [0.717, 1.165) is 11.3 Å². The van der Waals surface area contributed by atoms with Crippen LogP contribution in [-0.2, 0) is 4.74 Å². The van der Waals surface area contributed by atoms with Gasteiger partial charge in [-0.2, -0.15) is 0 Å². The van der Waals surface area contributed by atoms with Gasteiger partial charge in [0.15, 0.2) is 0 Å². The summed E-state index contributed by atoms with van der Waals surface area (Å²) in [6.07, 6.45) is 1.33. The van der Waals surface area contributed by atoms with Crippen molar-refractivity contribution in [2.45, 2.75) is 24.5 Å². The number of nitrogens with one attached hydrogen (secondary N) is 1. The lowest BCUT2D eigenvalue weighted by atomic mass is 9.94. The normalized spacial score (nSPS) is 24.8. The molecule has 1 unspecified atom stereocenters. The van der Waals surface area contributed by atoms with Crippen molar-refractivity contribution in [3.05, 3.63) is 23.8 Å². The number of fused-ring (bicyclic) bond motifs is 1. The highest BCUT2D eigenvalue weighted by atomic mass is 16.5. The Balaban J connectivity index is 1.63. The van der Waals surface area contributed by atoms with Crippen LogP contribution in [-0.4, -0.2) is 42.2 Å². The molecule has 0 aliphatic carbocycles. The molecular formula is C14H19NO4. The van der Waals surface area contributed by atoms with Crippen molar-refractivity contribution in [2.24, 2.45) is 0 Å². The van der Waals surface area contributed by atoms with Gasteiger partial charge in [0.1, 0.15) is 18.1 Å². The van der Waals surface area contributed by atoms with E-state index in [-0.39, 0.29) is 11.8 Å². The van der Waals surface area contributed by atoms with Crippen molar-refractivity contribution >= 4 is 0 Å². The van der Waals surface area contributed by atoms with E-state index in [1.807, 2.05) is 6.07 Å². The lowest BCUT2D eigenvalue weighted by Gasteiger charge is -2.33. The molecule has 0 radical (unpaired) electrons. The van der Waals surface area contributed by atoms with Gasteiger partial charge >= 0.3 is 0 Å². The fraction of sp³-hybridized carbons (Fsp3) is 0.571. The highest BCUT2D eigenvalue weighted by Gasteiger charge is 2.32. The van der Waals surface area contributed by atoms with Crippen LogP contribution < -0.4 is 10.1 Å². The molecule has 0 bridgehead atoms. The third kappa shape index (κ3) is 2.68. The number of phenolic OH excluding ortho intramolecular Hbond substituents is 1. The highest BCUT2D eigenvalue weighted by Crippen LogP contribution is 2.35. The van der Waals surface area contributed by atoms with Gasteiger partial charge in [-0.25, -0.2) is 0 Å². The summed E-state index contributed by atoms with van der Waals surface area (Å²) in [6.45, 7) is 2.30. The van der Waals surface area contributed by atoms with Crippen LogP contribution in [0.25, 0.3) is 0 Å². The number of benzene rings is 1. The zero-order chi connectivity index (χ0) is 13.3. The maximum absolute atomic E-state index is 10.4. The fourth-order valence-electron chi connectivity index (χ4n) is 2.61. The predicted molar refractivity (Wildman–Crippen MR) is 69.3 cm³/mol. The van der Waals surface area contributed by atoms with Gasteiger partial charge in [0.25, 0.3) is 0 Å². The number of ether oxygens (including phenoxy) is 2. The van der Waals surface area contributed by atoms with E-state index in [0.29, 0.717) is 39.2 Å². The van der Waals surface area contributed by atoms with E-state index < -0.39 is 5.60 Å². The van der Waals surface area contributed by atoms with Crippen LogP contribution in [0.15, 0.2) is 18.2 Å². The molecule has 2 aliphatic rings. The lowest BCUT2D eigenvalue weighted by molar-refractivity contribution is -0.0629. The maximum Gasteiger partial charge on any atom is 0.127 e. The number of phenols is 1. The van der Waals surface area contributed by atoms with Gasteiger partial charge in [-0.05, 0) is 12.1 Å². The van der Waals surface area contributed by atoms with Crippen LogP contribution in [0.4, 0.5) is 0 Å². The molecule has 1 saturated heterocycles. The average Bonchev–Trinajstić information content (AvgIpc) is 2.79. The zero-order valence-electron chi connectivity index (χ0n) is 10.8. The topological polar surface area (TPSA) is 71.0 Å². The van der Waals surface area contributed by atoms with Crippen LogP contribution in [0, 0.1) is 0 Å². The summed E-state index contributed by atoms with van der Waals surface area (Å²) in [5.74, 6) is 0.930. The molecule has 1 aromatic rings. The molecule has 104 valence electrons. The fourth-order valence-corrected chi connectivity index (χ4v) is 2.61. The van der Waals surface area contributed by atoms with Gasteiger partial charge in [0.05, 0.1) is 11.6 Å². The summed E-state index contributed by atoms with van der Waals surface area (Å²) in [6, 6.07) is 5.22. The first-order valence-electron chi connectivity index (χ1n) is 6.66. The van der Waals surface area contributed by atoms with E-state index in [1.165, 1.54) is 0 Å². The van der Waals surface area contributed by atoms with Gasteiger partial charge in [-0.1, -0.05) is 0 Å². The molecule has 3 N–H and O–H groups in total. The van der Waals surface area contributed by atoms with Crippen LogP contribution in [0.3, 0.4) is 0 Å². The van der Waals surface area contributed by atoms with E-state index in [2.05, 4.69) is 5.32 Å². The molecule has 0 spiro atoms. The monoisotopic (exact) mass is 265 g/mol. The summed E-state index contributed by atoms with van der Waals surface area (Å²) in [5.41, 5.74) is 0.353. The first-order chi connectivity index (χ1) is 9.16. The molecule has 19 heavy (non-hydrogen) atoms. The Morgan fingerprint density at radius 2 is 2.11 bits per heavy atom. The van der Waals surface area contributed by atoms with Crippen molar-refractivity contribution < 1.29 is 19.7 Å². The number of aliphatic hydroxyl groups is 1. The Kier molecular flexibility index (Phi) is 3.35. The first kappa shape index (κ1) is 12.7. The number of rotatable bonds is 3. The molecule has 0 aromatic heterocycles. The van der Waals surface area contributed by atoms with Crippen LogP contribution in [0.1, 0.15) is 24.4 Å². The van der Waals surface area contributed by atoms with Crippen molar-refractivity contribution in [3.63, 3.8) is 0 Å². The SMILES string of the molecule is Oc1ccc2c(c1)OCC2NCC1(O)CCOCC1. The van der Waals surface area contributed by atoms with Crippen molar-refractivity contribution in [2.75, 3.05) is 26.4 Å². The Labute approximate surface area is 112 Å². The Bertz CT molecular complexity index is 457. The van der Waals surface area contributed by atoms with E-state index in [1.54, 1.807) is 12.1 Å². The molecular weight excluding hydrogens is 246 g/mol. The minimum absolute atomic E-state index is 0.0717. The minimum Gasteiger partial charge on any atom is -0.508 e. The van der Waals surface area contributed by atoms with Gasteiger partial charge < -0.3 is 25.0 Å². The van der Waals surface area contributed by atoms with Gasteiger partial charge in [-0.15, -0.1) is 0 Å². The quantitative estimate of drug-likeness (QED) is 0.759. The average molecular weight is 265 g/mol. The molecule has 5 heteroatoms. The van der Waals surface area contributed by atoms with Crippen molar-refractivity contribution in [1.29, 1.82) is 0 Å². The molecule has 1 atom stereocenters. The molecule has 2 aliphatic heterocycles. The third-order valence-electron chi connectivity index (χ3n) is 3.88. The van der Waals surface area contributed by atoms with Gasteiger partial charge in [0.2, 0.25) is 0 Å². The Morgan fingerprint density at radius 1 is 1.32 bits per heavy atom. The minimum atomic E-state index is -0.683. The van der Waals surface area contributed by atoms with E-state index in [9.17, 15) is 10.2 Å². The molecule has 3 rings (SSSR count). The summed E-state index contributed by atoms with van der Waals surface area (Å²) in [7, 11) is 0. The molecule has 0 saturated carbocycles. The Morgan fingerprint density at radius 3 is 2.89 bits per heavy atom. The van der Waals surface area contributed by atoms with E-state index in [4.69, 9.17) is 9.47 Å². The number of aromatic hydroxyl groups is 1.